The maximum Gasteiger partial charge on any atom is 0.573 e. The van der Waals surface area contributed by atoms with Gasteiger partial charge in [-0.2, -0.15) is 0 Å². The van der Waals surface area contributed by atoms with Gasteiger partial charge >= 0.3 is 6.36 Å². The van der Waals surface area contributed by atoms with Gasteiger partial charge in [0.25, 0.3) is 5.91 Å². The lowest BCUT2D eigenvalue weighted by molar-refractivity contribution is -0.274. The van der Waals surface area contributed by atoms with E-state index in [4.69, 9.17) is 5.21 Å². The molecule has 0 aliphatic heterocycles. The highest BCUT2D eigenvalue weighted by Crippen LogP contribution is 2.29. The zero-order chi connectivity index (χ0) is 21.3. The van der Waals surface area contributed by atoms with Crippen LogP contribution in [0, 0.1) is 0 Å². The Bertz CT molecular complexity index is 809. The largest absolute Gasteiger partial charge is 0.573 e. The molecule has 2 amide bonds. The normalized spacial score (nSPS) is 11.2. The highest BCUT2D eigenvalue weighted by Gasteiger charge is 2.31. The van der Waals surface area contributed by atoms with Gasteiger partial charge in [0.15, 0.2) is 0 Å². The Morgan fingerprint density at radius 2 is 1.79 bits per heavy atom. The fourth-order valence-electron chi connectivity index (χ4n) is 2.42. The topological polar surface area (TPSA) is 101 Å². The van der Waals surface area contributed by atoms with Gasteiger partial charge in [0.2, 0.25) is 5.91 Å². The van der Waals surface area contributed by atoms with E-state index in [0.717, 1.165) is 30.6 Å². The second-order valence-corrected chi connectivity index (χ2v) is 7.09. The summed E-state index contributed by atoms with van der Waals surface area (Å²) < 4.78 is 40.4. The Morgan fingerprint density at radius 1 is 1.10 bits per heavy atom. The number of nitrogens with zero attached hydrogens (tertiary/aromatic N) is 1. The van der Waals surface area contributed by atoms with E-state index in [2.05, 4.69) is 15.0 Å². The molecule has 2 aromatic rings. The van der Waals surface area contributed by atoms with Gasteiger partial charge in [0.05, 0.1) is 6.20 Å². The third-order valence-electron chi connectivity index (χ3n) is 3.81. The van der Waals surface area contributed by atoms with Crippen LogP contribution in [0.4, 0.5) is 13.2 Å². The minimum Gasteiger partial charge on any atom is -0.406 e. The van der Waals surface area contributed by atoms with Gasteiger partial charge in [-0.05, 0) is 37.1 Å². The third-order valence-corrected chi connectivity index (χ3v) is 4.85. The van der Waals surface area contributed by atoms with Crippen LogP contribution in [0.3, 0.4) is 0 Å². The first-order chi connectivity index (χ1) is 13.8. The SMILES string of the molecule is O=C(CCCCCCNC(=O)c1cnc(-c2ccc(OC(F)(F)F)cc2)s1)NO. The van der Waals surface area contributed by atoms with Gasteiger partial charge in [0.1, 0.15) is 15.6 Å². The molecule has 7 nitrogen and oxygen atoms in total. The van der Waals surface area contributed by atoms with Crippen molar-refractivity contribution in [2.24, 2.45) is 0 Å². The highest BCUT2D eigenvalue weighted by molar-refractivity contribution is 7.16. The van der Waals surface area contributed by atoms with Gasteiger partial charge in [0, 0.05) is 18.5 Å². The van der Waals surface area contributed by atoms with Crippen LogP contribution in [-0.4, -0.2) is 34.9 Å². The number of hydrogen-bond donors (Lipinski definition) is 3. The van der Waals surface area contributed by atoms with Crippen molar-refractivity contribution in [3.8, 4) is 16.3 Å². The van der Waals surface area contributed by atoms with Gasteiger partial charge in [-0.25, -0.2) is 10.5 Å². The lowest BCUT2D eigenvalue weighted by Crippen LogP contribution is -2.23. The molecule has 0 spiro atoms. The maximum atomic E-state index is 12.2. The smallest absolute Gasteiger partial charge is 0.406 e. The fourth-order valence-corrected chi connectivity index (χ4v) is 3.26. The summed E-state index contributed by atoms with van der Waals surface area (Å²) in [6.45, 7) is 0.474. The van der Waals surface area contributed by atoms with Crippen LogP contribution in [-0.2, 0) is 4.79 Å². The number of hydrogen-bond acceptors (Lipinski definition) is 6. The minimum absolute atomic E-state index is 0.260. The Labute approximate surface area is 168 Å². The molecule has 0 radical (unpaired) electrons. The van der Waals surface area contributed by atoms with Crippen LogP contribution >= 0.6 is 11.3 Å². The predicted octanol–water partition coefficient (Wildman–Crippen LogP) is 3.89. The van der Waals surface area contributed by atoms with Gasteiger partial charge in [-0.3, -0.25) is 14.8 Å². The number of alkyl halides is 3. The molecule has 0 fully saturated rings. The number of carbonyl (C=O) groups is 2. The molecule has 29 heavy (non-hydrogen) atoms. The molecule has 11 heteroatoms. The van der Waals surface area contributed by atoms with E-state index in [1.165, 1.54) is 30.5 Å². The van der Waals surface area contributed by atoms with Crippen molar-refractivity contribution in [3.05, 3.63) is 35.3 Å². The molecular formula is C18H20F3N3O4S. The molecular weight excluding hydrogens is 411 g/mol. The summed E-state index contributed by atoms with van der Waals surface area (Å²) in [7, 11) is 0. The maximum absolute atomic E-state index is 12.2. The molecule has 0 saturated heterocycles. The molecule has 0 aliphatic carbocycles. The number of thiazole rings is 1. The van der Waals surface area contributed by atoms with Crippen LogP contribution in [0.25, 0.3) is 10.6 Å². The predicted molar refractivity (Wildman–Crippen MR) is 99.6 cm³/mol. The summed E-state index contributed by atoms with van der Waals surface area (Å²) >= 11 is 1.14. The van der Waals surface area contributed by atoms with E-state index in [9.17, 15) is 22.8 Å². The van der Waals surface area contributed by atoms with E-state index in [1.807, 2.05) is 0 Å². The summed E-state index contributed by atoms with van der Waals surface area (Å²) in [5, 5.41) is 11.7. The summed E-state index contributed by atoms with van der Waals surface area (Å²) in [6.07, 6.45) is -0.0216. The van der Waals surface area contributed by atoms with Crippen LogP contribution < -0.4 is 15.5 Å². The average molecular weight is 431 g/mol. The lowest BCUT2D eigenvalue weighted by Gasteiger charge is -2.08. The van der Waals surface area contributed by atoms with Gasteiger partial charge < -0.3 is 10.1 Å². The van der Waals surface area contributed by atoms with Gasteiger partial charge in [-0.15, -0.1) is 24.5 Å². The van der Waals surface area contributed by atoms with Gasteiger partial charge in [-0.1, -0.05) is 12.8 Å². The average Bonchev–Trinajstić information content (AvgIpc) is 3.16. The van der Waals surface area contributed by atoms with E-state index in [0.29, 0.717) is 28.4 Å². The van der Waals surface area contributed by atoms with E-state index in [1.54, 1.807) is 5.48 Å². The molecule has 1 heterocycles. The van der Waals surface area contributed by atoms with Crippen molar-refractivity contribution >= 4 is 23.2 Å². The Hall–Kier alpha value is -2.66. The molecule has 0 unspecified atom stereocenters. The number of unbranched alkanes of at least 4 members (excludes halogenated alkanes) is 3. The second-order valence-electron chi connectivity index (χ2n) is 6.06. The minimum atomic E-state index is -4.75. The number of nitrogens with one attached hydrogen (secondary N) is 2. The van der Waals surface area contributed by atoms with Crippen LogP contribution in [0.5, 0.6) is 5.75 Å². The van der Waals surface area contributed by atoms with Crippen molar-refractivity contribution in [2.75, 3.05) is 6.54 Å². The molecule has 1 aromatic heterocycles. The number of benzene rings is 1. The Morgan fingerprint density at radius 3 is 2.45 bits per heavy atom. The number of aromatic nitrogens is 1. The number of carbonyl (C=O) groups excluding carboxylic acids is 2. The molecule has 0 saturated carbocycles. The lowest BCUT2D eigenvalue weighted by atomic mass is 10.1. The summed E-state index contributed by atoms with van der Waals surface area (Å²) in [5.41, 5.74) is 2.15. The van der Waals surface area contributed by atoms with E-state index >= 15 is 0 Å². The molecule has 3 N–H and O–H groups in total. The molecule has 0 aliphatic rings. The van der Waals surface area contributed by atoms with E-state index in [-0.39, 0.29) is 18.1 Å². The van der Waals surface area contributed by atoms with Crippen LogP contribution in [0.1, 0.15) is 41.8 Å². The molecule has 0 bridgehead atoms. The standard InChI is InChI=1S/C18H20F3N3O4S/c19-18(20,21)28-13-8-6-12(7-9-13)17-23-11-14(29-17)16(26)22-10-4-2-1-3-5-15(25)24-27/h6-9,11,27H,1-5,10H2,(H,22,26)(H,24,25). The monoisotopic (exact) mass is 431 g/mol. The molecule has 0 atom stereocenters. The number of ether oxygens (including phenoxy) is 1. The van der Waals surface area contributed by atoms with E-state index < -0.39 is 12.3 Å². The van der Waals surface area contributed by atoms with Crippen molar-refractivity contribution in [3.63, 3.8) is 0 Å². The summed E-state index contributed by atoms with van der Waals surface area (Å²) in [5.74, 6) is -1.01. The first-order valence-corrected chi connectivity index (χ1v) is 9.63. The fraction of sp³-hybridized carbons (Fsp3) is 0.389. The Balaban J connectivity index is 1.76. The number of rotatable bonds is 10. The number of halogens is 3. The zero-order valence-electron chi connectivity index (χ0n) is 15.3. The zero-order valence-corrected chi connectivity index (χ0v) is 16.1. The van der Waals surface area contributed by atoms with Crippen molar-refractivity contribution in [1.29, 1.82) is 0 Å². The van der Waals surface area contributed by atoms with Crippen molar-refractivity contribution in [1.82, 2.24) is 15.8 Å². The van der Waals surface area contributed by atoms with Crippen LogP contribution in [0.15, 0.2) is 30.5 Å². The third kappa shape index (κ3) is 8.08. The Kier molecular flexibility index (Phi) is 8.40. The molecule has 2 rings (SSSR count). The summed E-state index contributed by atoms with van der Waals surface area (Å²) in [6, 6.07) is 5.26. The first-order valence-electron chi connectivity index (χ1n) is 8.81. The molecule has 1 aromatic carbocycles. The number of hydroxylamine groups is 1. The quantitative estimate of drug-likeness (QED) is 0.301. The summed E-state index contributed by atoms with van der Waals surface area (Å²) in [4.78, 5) is 27.5. The molecule has 158 valence electrons. The number of amides is 2. The first kappa shape index (κ1) is 22.6. The van der Waals surface area contributed by atoms with Crippen molar-refractivity contribution in [2.45, 2.75) is 38.5 Å². The van der Waals surface area contributed by atoms with Crippen LogP contribution in [0.2, 0.25) is 0 Å². The van der Waals surface area contributed by atoms with Crippen molar-refractivity contribution < 1.29 is 32.7 Å². The second kappa shape index (κ2) is 10.8. The highest BCUT2D eigenvalue weighted by atomic mass is 32.1.